The van der Waals surface area contributed by atoms with Gasteiger partial charge < -0.3 is 10.6 Å². The normalized spacial score (nSPS) is 17.2. The van der Waals surface area contributed by atoms with Crippen LogP contribution >= 0.6 is 23.5 Å². The Kier molecular flexibility index (Phi) is 6.47. The van der Waals surface area contributed by atoms with Crippen molar-refractivity contribution in [1.29, 1.82) is 0 Å². The van der Waals surface area contributed by atoms with Crippen LogP contribution in [0.4, 0.5) is 11.4 Å². The van der Waals surface area contributed by atoms with Gasteiger partial charge in [0.15, 0.2) is 0 Å². The molecule has 0 aliphatic carbocycles. The van der Waals surface area contributed by atoms with Gasteiger partial charge in [-0.25, -0.2) is 0 Å². The van der Waals surface area contributed by atoms with Gasteiger partial charge in [0.1, 0.15) is 0 Å². The van der Waals surface area contributed by atoms with Crippen molar-refractivity contribution in [3.63, 3.8) is 0 Å². The van der Waals surface area contributed by atoms with Crippen LogP contribution < -0.4 is 10.6 Å². The van der Waals surface area contributed by atoms with E-state index in [0.717, 1.165) is 47.2 Å². The highest BCUT2D eigenvalue weighted by Crippen LogP contribution is 2.31. The van der Waals surface area contributed by atoms with Gasteiger partial charge in [0.2, 0.25) is 5.91 Å². The van der Waals surface area contributed by atoms with Crippen molar-refractivity contribution in [2.24, 2.45) is 0 Å². The molecule has 0 aromatic heterocycles. The van der Waals surface area contributed by atoms with Gasteiger partial charge in [-0.1, -0.05) is 12.1 Å². The number of amides is 2. The Bertz CT molecular complexity index is 926. The number of carbonyl (C=O) groups excluding carboxylic acids is 2. The van der Waals surface area contributed by atoms with Crippen molar-refractivity contribution < 1.29 is 9.59 Å². The third kappa shape index (κ3) is 5.15. The molecule has 0 radical (unpaired) electrons. The third-order valence-corrected chi connectivity index (χ3v) is 7.17. The smallest absolute Gasteiger partial charge is 0.255 e. The molecule has 29 heavy (non-hydrogen) atoms. The lowest BCUT2D eigenvalue weighted by Crippen LogP contribution is -2.31. The third-order valence-electron chi connectivity index (χ3n) is 5.15. The molecule has 2 aliphatic rings. The zero-order valence-corrected chi connectivity index (χ0v) is 18.1. The Balaban J connectivity index is 1.45. The van der Waals surface area contributed by atoms with E-state index >= 15 is 0 Å². The molecule has 7 heteroatoms. The van der Waals surface area contributed by atoms with E-state index in [0.29, 0.717) is 12.0 Å². The van der Waals surface area contributed by atoms with Gasteiger partial charge in [0, 0.05) is 59.5 Å². The zero-order valence-electron chi connectivity index (χ0n) is 16.5. The number of hydrogen-bond acceptors (Lipinski definition) is 5. The Morgan fingerprint density at radius 2 is 1.97 bits per heavy atom. The van der Waals surface area contributed by atoms with Crippen LogP contribution in [0.15, 0.2) is 41.3 Å². The highest BCUT2D eigenvalue weighted by atomic mass is 32.2. The molecule has 0 atom stereocenters. The quantitative estimate of drug-likeness (QED) is 0.765. The first-order chi connectivity index (χ1) is 14.1. The maximum Gasteiger partial charge on any atom is 0.255 e. The molecule has 0 saturated carbocycles. The van der Waals surface area contributed by atoms with E-state index in [4.69, 9.17) is 0 Å². The summed E-state index contributed by atoms with van der Waals surface area (Å²) in [5.74, 6) is 2.99. The zero-order chi connectivity index (χ0) is 20.2. The average molecular weight is 428 g/mol. The van der Waals surface area contributed by atoms with Gasteiger partial charge in [0.05, 0.1) is 5.69 Å². The van der Waals surface area contributed by atoms with Crippen LogP contribution in [0.5, 0.6) is 0 Å². The lowest BCUT2D eigenvalue weighted by atomic mass is 10.1. The molecule has 5 nitrogen and oxygen atoms in total. The summed E-state index contributed by atoms with van der Waals surface area (Å²) in [6.07, 6.45) is 0.489. The molecule has 0 bridgehead atoms. The summed E-state index contributed by atoms with van der Waals surface area (Å²) in [5, 5.41) is 5.91. The molecule has 152 valence electrons. The molecular weight excluding hydrogens is 402 g/mol. The number of nitrogens with zero attached hydrogens (tertiary/aromatic N) is 1. The van der Waals surface area contributed by atoms with Gasteiger partial charge >= 0.3 is 0 Å². The number of aryl methyl sites for hydroxylation is 1. The van der Waals surface area contributed by atoms with E-state index < -0.39 is 0 Å². The standard InChI is InChI=1S/C22H25N3O2S2/c1-15-12-16(14-25-7-10-28-11-8-25)2-4-18(15)24-22(27)17-3-5-20-19(13-17)23-21(26)6-9-29-20/h2-5,12-13H,6-11,14H2,1H3,(H,23,26)(H,24,27). The molecule has 2 aliphatic heterocycles. The second-order valence-corrected chi connectivity index (χ2v) is 9.71. The lowest BCUT2D eigenvalue weighted by Gasteiger charge is -2.26. The summed E-state index contributed by atoms with van der Waals surface area (Å²) in [5.41, 5.74) is 4.41. The van der Waals surface area contributed by atoms with E-state index in [1.165, 1.54) is 17.1 Å². The predicted octanol–water partition coefficient (Wildman–Crippen LogP) is 4.23. The van der Waals surface area contributed by atoms with Crippen molar-refractivity contribution in [2.75, 3.05) is 41.0 Å². The summed E-state index contributed by atoms with van der Waals surface area (Å²) < 4.78 is 0. The number of thioether (sulfide) groups is 2. The van der Waals surface area contributed by atoms with E-state index in [1.807, 2.05) is 36.9 Å². The largest absolute Gasteiger partial charge is 0.325 e. The predicted molar refractivity (Wildman–Crippen MR) is 122 cm³/mol. The number of hydrogen-bond donors (Lipinski definition) is 2. The second kappa shape index (κ2) is 9.24. The minimum Gasteiger partial charge on any atom is -0.325 e. The molecule has 1 saturated heterocycles. The number of benzene rings is 2. The number of carbonyl (C=O) groups is 2. The van der Waals surface area contributed by atoms with Crippen molar-refractivity contribution in [2.45, 2.75) is 24.8 Å². The molecule has 2 heterocycles. The minimum absolute atomic E-state index is 0.00691. The number of nitrogens with one attached hydrogen (secondary N) is 2. The monoisotopic (exact) mass is 427 g/mol. The van der Waals surface area contributed by atoms with Gasteiger partial charge in [-0.15, -0.1) is 11.8 Å². The lowest BCUT2D eigenvalue weighted by molar-refractivity contribution is -0.115. The van der Waals surface area contributed by atoms with E-state index in [9.17, 15) is 9.59 Å². The topological polar surface area (TPSA) is 61.4 Å². The molecular formula is C22H25N3O2S2. The number of rotatable bonds is 4. The fourth-order valence-electron chi connectivity index (χ4n) is 3.54. The van der Waals surface area contributed by atoms with E-state index in [2.05, 4.69) is 27.7 Å². The maximum atomic E-state index is 12.8. The van der Waals surface area contributed by atoms with Crippen LogP contribution in [0, 0.1) is 6.92 Å². The molecule has 0 spiro atoms. The van der Waals surface area contributed by atoms with Gasteiger partial charge in [-0.3, -0.25) is 14.5 Å². The fraction of sp³-hybridized carbons (Fsp3) is 0.364. The first kappa shape index (κ1) is 20.3. The van der Waals surface area contributed by atoms with Crippen LogP contribution in [0.25, 0.3) is 0 Å². The number of anilines is 2. The molecule has 2 amide bonds. The van der Waals surface area contributed by atoms with Crippen LogP contribution in [0.1, 0.15) is 27.9 Å². The van der Waals surface area contributed by atoms with Gasteiger partial charge in [-0.05, 0) is 42.3 Å². The SMILES string of the molecule is Cc1cc(CN2CCSCC2)ccc1NC(=O)c1ccc2c(c1)NC(=O)CCS2. The second-order valence-electron chi connectivity index (χ2n) is 7.35. The summed E-state index contributed by atoms with van der Waals surface area (Å²) in [4.78, 5) is 28.1. The molecule has 4 rings (SSSR count). The summed E-state index contributed by atoms with van der Waals surface area (Å²) >= 11 is 3.65. The summed E-state index contributed by atoms with van der Waals surface area (Å²) in [6, 6.07) is 11.7. The summed E-state index contributed by atoms with van der Waals surface area (Å²) in [6.45, 7) is 5.25. The highest BCUT2D eigenvalue weighted by Gasteiger charge is 2.17. The van der Waals surface area contributed by atoms with Crippen LogP contribution in [-0.4, -0.2) is 47.1 Å². The van der Waals surface area contributed by atoms with Crippen molar-refractivity contribution in [3.05, 3.63) is 53.1 Å². The first-order valence-corrected chi connectivity index (χ1v) is 12.0. The Labute approximate surface area is 180 Å². The number of fused-ring (bicyclic) bond motifs is 1. The Morgan fingerprint density at radius 1 is 1.14 bits per heavy atom. The first-order valence-electron chi connectivity index (χ1n) is 9.86. The fourth-order valence-corrected chi connectivity index (χ4v) is 5.45. The van der Waals surface area contributed by atoms with Gasteiger partial charge in [-0.2, -0.15) is 11.8 Å². The van der Waals surface area contributed by atoms with Crippen LogP contribution in [0.2, 0.25) is 0 Å². The van der Waals surface area contributed by atoms with Crippen molar-refractivity contribution >= 4 is 46.7 Å². The minimum atomic E-state index is -0.166. The van der Waals surface area contributed by atoms with Crippen molar-refractivity contribution in [3.8, 4) is 0 Å². The van der Waals surface area contributed by atoms with Gasteiger partial charge in [0.25, 0.3) is 5.91 Å². The van der Waals surface area contributed by atoms with E-state index in [1.54, 1.807) is 17.8 Å². The summed E-state index contributed by atoms with van der Waals surface area (Å²) in [7, 11) is 0. The highest BCUT2D eigenvalue weighted by molar-refractivity contribution is 7.99. The van der Waals surface area contributed by atoms with E-state index in [-0.39, 0.29) is 11.8 Å². The van der Waals surface area contributed by atoms with Crippen LogP contribution in [-0.2, 0) is 11.3 Å². The Morgan fingerprint density at radius 3 is 2.76 bits per heavy atom. The average Bonchev–Trinajstić information content (AvgIpc) is 2.90. The van der Waals surface area contributed by atoms with Crippen LogP contribution in [0.3, 0.4) is 0 Å². The molecule has 2 N–H and O–H groups in total. The van der Waals surface area contributed by atoms with Crippen molar-refractivity contribution in [1.82, 2.24) is 4.90 Å². The maximum absolute atomic E-state index is 12.8. The molecule has 2 aromatic carbocycles. The Hall–Kier alpha value is -1.96. The molecule has 0 unspecified atom stereocenters. The molecule has 1 fully saturated rings. The molecule has 2 aromatic rings.